The van der Waals surface area contributed by atoms with E-state index in [1.165, 1.54) is 12.8 Å². The Kier molecular flexibility index (Phi) is 3.37. The van der Waals surface area contributed by atoms with Crippen molar-refractivity contribution in [2.24, 2.45) is 11.8 Å². The van der Waals surface area contributed by atoms with Gasteiger partial charge in [-0.25, -0.2) is 13.1 Å². The summed E-state index contributed by atoms with van der Waals surface area (Å²) in [6.07, 6.45) is 2.48. The second-order valence-corrected chi connectivity index (χ2v) is 5.78. The highest BCUT2D eigenvalue weighted by molar-refractivity contribution is 7.90. The molecule has 0 heterocycles. The average molecular weight is 212 g/mol. The molecule has 0 radical (unpaired) electrons. The highest BCUT2D eigenvalue weighted by atomic mass is 35.5. The molecule has 72 valence electrons. The van der Waals surface area contributed by atoms with Gasteiger partial charge >= 0.3 is 0 Å². The van der Waals surface area contributed by atoms with Crippen molar-refractivity contribution in [3.63, 3.8) is 0 Å². The zero-order chi connectivity index (χ0) is 9.19. The first kappa shape index (κ1) is 10.3. The number of hydrogen-bond acceptors (Lipinski definition) is 2. The third kappa shape index (κ3) is 3.29. The molecule has 0 aromatic carbocycles. The van der Waals surface area contributed by atoms with Crippen LogP contribution in [0.4, 0.5) is 0 Å². The minimum Gasteiger partial charge on any atom is -0.214 e. The molecule has 5 heteroatoms. The van der Waals surface area contributed by atoms with Crippen LogP contribution in [0.1, 0.15) is 19.8 Å². The number of nitrogens with one attached hydrogen (secondary N) is 1. The van der Waals surface area contributed by atoms with Gasteiger partial charge in [-0.15, -0.1) is 11.6 Å². The van der Waals surface area contributed by atoms with E-state index in [1.807, 2.05) is 0 Å². The maximum absolute atomic E-state index is 10.9. The van der Waals surface area contributed by atoms with Crippen molar-refractivity contribution in [2.45, 2.75) is 19.8 Å². The van der Waals surface area contributed by atoms with Crippen LogP contribution in [0, 0.1) is 11.8 Å². The van der Waals surface area contributed by atoms with Gasteiger partial charge in [0, 0.05) is 6.54 Å². The highest BCUT2D eigenvalue weighted by Gasteiger charge is 2.28. The van der Waals surface area contributed by atoms with Gasteiger partial charge in [0.15, 0.2) is 0 Å². The molecular formula is C7H14ClNO2S. The van der Waals surface area contributed by atoms with Crippen molar-refractivity contribution in [1.82, 2.24) is 4.72 Å². The molecule has 1 aliphatic rings. The van der Waals surface area contributed by atoms with Gasteiger partial charge < -0.3 is 0 Å². The smallest absolute Gasteiger partial charge is 0.214 e. The Labute approximate surface area is 78.5 Å². The lowest BCUT2D eigenvalue weighted by Crippen LogP contribution is -2.29. The first-order chi connectivity index (χ1) is 5.55. The molecule has 1 atom stereocenters. The third-order valence-electron chi connectivity index (χ3n) is 2.20. The highest BCUT2D eigenvalue weighted by Crippen LogP contribution is 2.36. The zero-order valence-corrected chi connectivity index (χ0v) is 8.66. The van der Waals surface area contributed by atoms with E-state index in [1.54, 1.807) is 0 Å². The summed E-state index contributed by atoms with van der Waals surface area (Å²) in [7, 11) is -3.20. The van der Waals surface area contributed by atoms with E-state index >= 15 is 0 Å². The fraction of sp³-hybridized carbons (Fsp3) is 1.00. The van der Waals surface area contributed by atoms with Crippen LogP contribution in [-0.2, 0) is 10.0 Å². The fourth-order valence-electron chi connectivity index (χ4n) is 1.13. The van der Waals surface area contributed by atoms with Gasteiger partial charge in [-0.05, 0) is 24.7 Å². The van der Waals surface area contributed by atoms with Crippen LogP contribution in [0.3, 0.4) is 0 Å². The van der Waals surface area contributed by atoms with Crippen molar-refractivity contribution >= 4 is 21.6 Å². The van der Waals surface area contributed by atoms with E-state index in [4.69, 9.17) is 11.6 Å². The van der Waals surface area contributed by atoms with Gasteiger partial charge in [0.25, 0.3) is 0 Å². The lowest BCUT2D eigenvalue weighted by molar-refractivity contribution is 0.493. The molecule has 1 fully saturated rings. The van der Waals surface area contributed by atoms with Gasteiger partial charge in [0.2, 0.25) is 10.0 Å². The van der Waals surface area contributed by atoms with E-state index in [9.17, 15) is 8.42 Å². The number of hydrogen-bond donors (Lipinski definition) is 1. The van der Waals surface area contributed by atoms with E-state index in [0.717, 1.165) is 5.92 Å². The maximum Gasteiger partial charge on any atom is 0.225 e. The Bertz CT molecular complexity index is 236. The molecular weight excluding hydrogens is 198 g/mol. The summed E-state index contributed by atoms with van der Waals surface area (Å²) in [5.41, 5.74) is 0. The fourth-order valence-corrected chi connectivity index (χ4v) is 1.95. The van der Waals surface area contributed by atoms with Crippen molar-refractivity contribution in [3.8, 4) is 0 Å². The molecule has 1 aliphatic carbocycles. The standard InChI is InChI=1S/C7H14ClNO2S/c1-6(7-2-3-7)4-9-12(10,11)5-8/h6-7,9H,2-5H2,1H3. The second kappa shape index (κ2) is 3.94. The van der Waals surface area contributed by atoms with Gasteiger partial charge in [0.1, 0.15) is 5.21 Å². The van der Waals surface area contributed by atoms with Crippen LogP contribution in [0.25, 0.3) is 0 Å². The number of alkyl halides is 1. The van der Waals surface area contributed by atoms with Crippen LogP contribution in [-0.4, -0.2) is 20.2 Å². The Balaban J connectivity index is 2.24. The predicted molar refractivity (Wildman–Crippen MR) is 49.5 cm³/mol. The summed E-state index contributed by atoms with van der Waals surface area (Å²) in [6.45, 7) is 2.59. The molecule has 12 heavy (non-hydrogen) atoms. The summed E-state index contributed by atoms with van der Waals surface area (Å²) in [5.74, 6) is 1.17. The first-order valence-corrected chi connectivity index (χ1v) is 6.27. The van der Waals surface area contributed by atoms with Crippen LogP contribution in [0.2, 0.25) is 0 Å². The van der Waals surface area contributed by atoms with E-state index in [2.05, 4.69) is 11.6 Å². The first-order valence-electron chi connectivity index (χ1n) is 4.08. The summed E-state index contributed by atoms with van der Waals surface area (Å²) in [5, 5.41) is -0.343. The monoisotopic (exact) mass is 211 g/mol. The molecule has 1 unspecified atom stereocenters. The van der Waals surface area contributed by atoms with Gasteiger partial charge in [-0.1, -0.05) is 6.92 Å². The van der Waals surface area contributed by atoms with Crippen molar-refractivity contribution in [2.75, 3.05) is 11.8 Å². The molecule has 0 amide bonds. The number of halogens is 1. The van der Waals surface area contributed by atoms with Gasteiger partial charge in [-0.2, -0.15) is 0 Å². The summed E-state index contributed by atoms with van der Waals surface area (Å²) in [6, 6.07) is 0. The Hall–Kier alpha value is 0.200. The van der Waals surface area contributed by atoms with Crippen molar-refractivity contribution in [3.05, 3.63) is 0 Å². The summed E-state index contributed by atoms with van der Waals surface area (Å²) >= 11 is 5.22. The normalized spacial score (nSPS) is 20.8. The molecule has 0 aromatic rings. The quantitative estimate of drug-likeness (QED) is 0.694. The maximum atomic E-state index is 10.9. The Morgan fingerprint density at radius 1 is 1.58 bits per heavy atom. The largest absolute Gasteiger partial charge is 0.225 e. The second-order valence-electron chi connectivity index (χ2n) is 3.39. The number of sulfonamides is 1. The molecule has 0 saturated heterocycles. The lowest BCUT2D eigenvalue weighted by Gasteiger charge is -2.09. The van der Waals surface area contributed by atoms with E-state index in [0.29, 0.717) is 12.5 Å². The Morgan fingerprint density at radius 2 is 2.17 bits per heavy atom. The summed E-state index contributed by atoms with van der Waals surface area (Å²) in [4.78, 5) is 0. The minimum absolute atomic E-state index is 0.343. The summed E-state index contributed by atoms with van der Waals surface area (Å²) < 4.78 is 24.3. The number of rotatable bonds is 5. The molecule has 0 aromatic heterocycles. The minimum atomic E-state index is -3.20. The predicted octanol–water partition coefficient (Wildman–Crippen LogP) is 1.15. The SMILES string of the molecule is CC(CNS(=O)(=O)CCl)C1CC1. The van der Waals surface area contributed by atoms with E-state index in [-0.39, 0.29) is 5.21 Å². The van der Waals surface area contributed by atoms with Gasteiger partial charge in [-0.3, -0.25) is 0 Å². The van der Waals surface area contributed by atoms with Gasteiger partial charge in [0.05, 0.1) is 0 Å². The average Bonchev–Trinajstić information content (AvgIpc) is 2.83. The molecule has 3 nitrogen and oxygen atoms in total. The van der Waals surface area contributed by atoms with E-state index < -0.39 is 10.0 Å². The lowest BCUT2D eigenvalue weighted by atomic mass is 10.1. The Morgan fingerprint density at radius 3 is 2.58 bits per heavy atom. The third-order valence-corrected chi connectivity index (χ3v) is 3.95. The molecule has 1 N–H and O–H groups in total. The molecule has 0 spiro atoms. The molecule has 0 aliphatic heterocycles. The molecule has 1 rings (SSSR count). The van der Waals surface area contributed by atoms with Crippen LogP contribution >= 0.6 is 11.6 Å². The van der Waals surface area contributed by atoms with Crippen molar-refractivity contribution < 1.29 is 8.42 Å². The van der Waals surface area contributed by atoms with Crippen molar-refractivity contribution in [1.29, 1.82) is 0 Å². The zero-order valence-electron chi connectivity index (χ0n) is 7.09. The van der Waals surface area contributed by atoms with Crippen LogP contribution in [0.5, 0.6) is 0 Å². The molecule has 0 bridgehead atoms. The van der Waals surface area contributed by atoms with Crippen LogP contribution in [0.15, 0.2) is 0 Å². The topological polar surface area (TPSA) is 46.2 Å². The van der Waals surface area contributed by atoms with Crippen LogP contribution < -0.4 is 4.72 Å². The molecule has 1 saturated carbocycles.